The third-order valence-electron chi connectivity index (χ3n) is 7.36. The Kier molecular flexibility index (Phi) is 9.22. The van der Waals surface area contributed by atoms with Gasteiger partial charge in [-0.25, -0.2) is 9.78 Å². The summed E-state index contributed by atoms with van der Waals surface area (Å²) in [5.41, 5.74) is 2.79. The van der Waals surface area contributed by atoms with Crippen LogP contribution in [0.4, 0.5) is 10.7 Å². The molecule has 3 heterocycles. The van der Waals surface area contributed by atoms with Crippen molar-refractivity contribution < 1.29 is 19.0 Å². The number of piperidine rings is 1. The molecule has 228 valence electrons. The molecule has 0 bridgehead atoms. The third kappa shape index (κ3) is 7.11. The van der Waals surface area contributed by atoms with Crippen LogP contribution in [0.2, 0.25) is 10.0 Å². The summed E-state index contributed by atoms with van der Waals surface area (Å²) in [6.45, 7) is 8.01. The number of benzene rings is 2. The van der Waals surface area contributed by atoms with Crippen molar-refractivity contribution in [3.63, 3.8) is 0 Å². The normalized spacial score (nSPS) is 15.4. The van der Waals surface area contributed by atoms with Crippen LogP contribution in [0.15, 0.2) is 48.7 Å². The van der Waals surface area contributed by atoms with Crippen LogP contribution in [0.3, 0.4) is 0 Å². The quantitative estimate of drug-likeness (QED) is 0.215. The van der Waals surface area contributed by atoms with Gasteiger partial charge in [0.2, 0.25) is 5.95 Å². The summed E-state index contributed by atoms with van der Waals surface area (Å²) in [7, 11) is 3.22. The average Bonchev–Trinajstić information content (AvgIpc) is 3.31. The summed E-state index contributed by atoms with van der Waals surface area (Å²) in [6, 6.07) is 13.3. The van der Waals surface area contributed by atoms with E-state index in [0.717, 1.165) is 40.7 Å². The number of hydrogen-bond donors (Lipinski definition) is 1. The Morgan fingerprint density at radius 3 is 2.51 bits per heavy atom. The molecule has 1 atom stereocenters. The van der Waals surface area contributed by atoms with Gasteiger partial charge in [-0.05, 0) is 75.4 Å². The van der Waals surface area contributed by atoms with Crippen molar-refractivity contribution in [3.05, 3.63) is 64.3 Å². The van der Waals surface area contributed by atoms with Gasteiger partial charge in [-0.1, -0.05) is 35.3 Å². The fraction of sp³-hybridized carbons (Fsp3) is 0.406. The summed E-state index contributed by atoms with van der Waals surface area (Å²) in [5.74, 6) is 1.98. The molecule has 5 rings (SSSR count). The maximum atomic E-state index is 12.9. The summed E-state index contributed by atoms with van der Waals surface area (Å²) in [5, 5.41) is 5.30. The topological polar surface area (TPSA) is 90.7 Å². The van der Waals surface area contributed by atoms with Gasteiger partial charge in [-0.2, -0.15) is 4.98 Å². The molecular formula is C32H37Cl2N5O4. The number of nitrogens with one attached hydrogen (secondary N) is 1. The van der Waals surface area contributed by atoms with Crippen molar-refractivity contribution >= 4 is 46.3 Å². The second-order valence-electron chi connectivity index (χ2n) is 11.7. The summed E-state index contributed by atoms with van der Waals surface area (Å²) >= 11 is 13.4. The highest BCUT2D eigenvalue weighted by atomic mass is 35.5. The zero-order valence-electron chi connectivity index (χ0n) is 25.1. The zero-order chi connectivity index (χ0) is 30.7. The zero-order valence-corrected chi connectivity index (χ0v) is 26.6. The Hall–Kier alpha value is -3.69. The number of carbonyl (C=O) groups is 1. The molecule has 2 aromatic carbocycles. The first-order valence-electron chi connectivity index (χ1n) is 14.3. The molecule has 11 heteroatoms. The Morgan fingerprint density at radius 2 is 1.81 bits per heavy atom. The number of anilines is 1. The molecule has 9 nitrogen and oxygen atoms in total. The standard InChI is InChI=1S/C32H37Cl2N5O4/c1-32(2,3)43-31(40)38-13-7-8-21(18-38)19-39-25(28-23(33)9-6-10-24(28)34)15-22-17-36-30(37-29(22)39)35-16-20-11-12-26(41-4)27(14-20)42-5/h6,9-12,14-15,17,21H,7-8,13,16,18-19H2,1-5H3,(H,35,36,37). The molecule has 1 unspecified atom stereocenters. The van der Waals surface area contributed by atoms with E-state index in [2.05, 4.69) is 14.9 Å². The number of halogens is 2. The molecule has 1 aliphatic rings. The monoisotopic (exact) mass is 625 g/mol. The molecule has 43 heavy (non-hydrogen) atoms. The van der Waals surface area contributed by atoms with Crippen molar-refractivity contribution in [1.29, 1.82) is 0 Å². The van der Waals surface area contributed by atoms with Crippen LogP contribution in [0.5, 0.6) is 11.5 Å². The molecule has 0 saturated carbocycles. The van der Waals surface area contributed by atoms with Crippen molar-refractivity contribution in [2.24, 2.45) is 5.92 Å². The molecule has 0 spiro atoms. The number of hydrogen-bond acceptors (Lipinski definition) is 7. The number of nitrogens with zero attached hydrogens (tertiary/aromatic N) is 4. The Labute approximate surface area is 262 Å². The number of ether oxygens (including phenoxy) is 3. The smallest absolute Gasteiger partial charge is 0.410 e. The van der Waals surface area contributed by atoms with Gasteiger partial charge in [0.15, 0.2) is 11.5 Å². The third-order valence-corrected chi connectivity index (χ3v) is 7.99. The number of rotatable bonds is 8. The van der Waals surface area contributed by atoms with E-state index < -0.39 is 5.60 Å². The number of fused-ring (bicyclic) bond motifs is 1. The summed E-state index contributed by atoms with van der Waals surface area (Å²) in [4.78, 5) is 24.2. The largest absolute Gasteiger partial charge is 0.493 e. The fourth-order valence-corrected chi connectivity index (χ4v) is 5.99. The van der Waals surface area contributed by atoms with Crippen LogP contribution in [0.25, 0.3) is 22.3 Å². The number of carbonyl (C=O) groups excluding carboxylic acids is 1. The number of amides is 1. The van der Waals surface area contributed by atoms with E-state index in [1.165, 1.54) is 0 Å². The van der Waals surface area contributed by atoms with Gasteiger partial charge >= 0.3 is 6.09 Å². The lowest BCUT2D eigenvalue weighted by Gasteiger charge is -2.34. The highest BCUT2D eigenvalue weighted by molar-refractivity contribution is 6.39. The number of likely N-dealkylation sites (tertiary alicyclic amines) is 1. The van der Waals surface area contributed by atoms with Gasteiger partial charge in [-0.15, -0.1) is 0 Å². The molecular weight excluding hydrogens is 589 g/mol. The second kappa shape index (κ2) is 12.9. The summed E-state index contributed by atoms with van der Waals surface area (Å²) < 4.78 is 18.6. The maximum Gasteiger partial charge on any atom is 0.410 e. The minimum atomic E-state index is -0.550. The van der Waals surface area contributed by atoms with E-state index in [9.17, 15) is 4.79 Å². The molecule has 1 aliphatic heterocycles. The van der Waals surface area contributed by atoms with Crippen molar-refractivity contribution in [1.82, 2.24) is 19.4 Å². The first-order valence-corrected chi connectivity index (χ1v) is 15.0. The van der Waals surface area contributed by atoms with Gasteiger partial charge in [0.1, 0.15) is 11.2 Å². The lowest BCUT2D eigenvalue weighted by molar-refractivity contribution is 0.0158. The second-order valence-corrected chi connectivity index (χ2v) is 12.5. The highest BCUT2D eigenvalue weighted by Crippen LogP contribution is 2.38. The van der Waals surface area contributed by atoms with E-state index in [4.69, 9.17) is 42.4 Å². The highest BCUT2D eigenvalue weighted by Gasteiger charge is 2.29. The number of methoxy groups -OCH3 is 2. The van der Waals surface area contributed by atoms with Crippen LogP contribution >= 0.6 is 23.2 Å². The maximum absolute atomic E-state index is 12.9. The first-order chi connectivity index (χ1) is 20.6. The Bertz CT molecular complexity index is 1600. The van der Waals surface area contributed by atoms with Gasteiger partial charge in [0.25, 0.3) is 0 Å². The van der Waals surface area contributed by atoms with E-state index in [-0.39, 0.29) is 12.0 Å². The van der Waals surface area contributed by atoms with Crippen molar-refractivity contribution in [2.45, 2.75) is 52.3 Å². The van der Waals surface area contributed by atoms with Gasteiger partial charge in [0.05, 0.1) is 30.0 Å². The molecule has 1 fully saturated rings. The molecule has 1 amide bonds. The number of aromatic nitrogens is 3. The van der Waals surface area contributed by atoms with Crippen LogP contribution in [0.1, 0.15) is 39.2 Å². The molecule has 2 aromatic heterocycles. The van der Waals surface area contributed by atoms with Crippen LogP contribution in [0, 0.1) is 5.92 Å². The van der Waals surface area contributed by atoms with Gasteiger partial charge in [0, 0.05) is 43.3 Å². The average molecular weight is 627 g/mol. The minimum Gasteiger partial charge on any atom is -0.493 e. The fourth-order valence-electron chi connectivity index (χ4n) is 5.40. The van der Waals surface area contributed by atoms with Crippen molar-refractivity contribution in [2.75, 3.05) is 32.6 Å². The Balaban J connectivity index is 1.47. The van der Waals surface area contributed by atoms with Crippen LogP contribution in [-0.4, -0.2) is 58.4 Å². The van der Waals surface area contributed by atoms with Crippen LogP contribution < -0.4 is 14.8 Å². The van der Waals surface area contributed by atoms with Gasteiger partial charge < -0.3 is 29.0 Å². The Morgan fingerprint density at radius 1 is 1.07 bits per heavy atom. The molecule has 0 aliphatic carbocycles. The molecule has 4 aromatic rings. The lowest BCUT2D eigenvalue weighted by atomic mass is 9.98. The van der Waals surface area contributed by atoms with Crippen LogP contribution in [-0.2, 0) is 17.8 Å². The van der Waals surface area contributed by atoms with E-state index >= 15 is 0 Å². The molecule has 0 radical (unpaired) electrons. The predicted octanol–water partition coefficient (Wildman–Crippen LogP) is 7.68. The summed E-state index contributed by atoms with van der Waals surface area (Å²) in [6.07, 6.45) is 3.37. The minimum absolute atomic E-state index is 0.176. The first kappa shape index (κ1) is 30.8. The predicted molar refractivity (Wildman–Crippen MR) is 170 cm³/mol. The van der Waals surface area contributed by atoms with E-state index in [1.807, 2.05) is 63.2 Å². The molecule has 1 saturated heterocycles. The molecule has 1 N–H and O–H groups in total. The van der Waals surface area contributed by atoms with E-state index in [1.54, 1.807) is 25.3 Å². The SMILES string of the molecule is COc1ccc(CNc2ncc3cc(-c4c(Cl)cccc4Cl)n(CC4CCCN(C(=O)OC(C)(C)C)C4)c3n2)cc1OC. The lowest BCUT2D eigenvalue weighted by Crippen LogP contribution is -2.43. The van der Waals surface area contributed by atoms with Crippen molar-refractivity contribution in [3.8, 4) is 22.8 Å². The van der Waals surface area contributed by atoms with E-state index in [0.29, 0.717) is 53.7 Å². The van der Waals surface area contributed by atoms with Gasteiger partial charge in [-0.3, -0.25) is 0 Å².